The minimum Gasteiger partial charge on any atom is -0.494 e. The molecule has 1 N–H and O–H groups in total. The van der Waals surface area contributed by atoms with Gasteiger partial charge < -0.3 is 9.84 Å². The lowest BCUT2D eigenvalue weighted by atomic mass is 10.1. The van der Waals surface area contributed by atoms with Crippen LogP contribution >= 0.6 is 0 Å². The maximum Gasteiger partial charge on any atom is 0.176 e. The van der Waals surface area contributed by atoms with E-state index in [4.69, 9.17) is 4.74 Å². The molecule has 1 aliphatic rings. The maximum absolute atomic E-state index is 12.4. The molecule has 4 nitrogen and oxygen atoms in total. The molecule has 0 amide bonds. The second kappa shape index (κ2) is 8.15. The van der Waals surface area contributed by atoms with Gasteiger partial charge in [0.05, 0.1) is 19.8 Å². The highest BCUT2D eigenvalue weighted by molar-refractivity contribution is 5.97. The molecule has 0 radical (unpaired) electrons. The summed E-state index contributed by atoms with van der Waals surface area (Å²) in [6.45, 7) is 3.98. The summed E-state index contributed by atoms with van der Waals surface area (Å²) in [4.78, 5) is 14.5. The number of ether oxygens (including phenoxy) is 1. The summed E-state index contributed by atoms with van der Waals surface area (Å²) in [5, 5.41) is 9.50. The van der Waals surface area contributed by atoms with Crippen LogP contribution in [0.4, 0.5) is 0 Å². The standard InChI is InChI=1S/C17H25NO3/c1-2-21-16-9-7-14(8-10-16)17(20)12-18-11-5-3-4-6-15(18)13-19/h7-10,15,19H,2-6,11-13H2,1H3. The van der Waals surface area contributed by atoms with Gasteiger partial charge in [0, 0.05) is 11.6 Å². The fourth-order valence-corrected chi connectivity index (χ4v) is 2.83. The zero-order valence-corrected chi connectivity index (χ0v) is 12.8. The lowest BCUT2D eigenvalue weighted by Gasteiger charge is -2.27. The summed E-state index contributed by atoms with van der Waals surface area (Å²) in [6, 6.07) is 7.43. The molecule has 1 fully saturated rings. The van der Waals surface area contributed by atoms with Gasteiger partial charge in [-0.25, -0.2) is 0 Å². The molecule has 21 heavy (non-hydrogen) atoms. The first kappa shape index (κ1) is 16.0. The van der Waals surface area contributed by atoms with Crippen LogP contribution in [0.2, 0.25) is 0 Å². The van der Waals surface area contributed by atoms with Gasteiger partial charge in [0.2, 0.25) is 0 Å². The van der Waals surface area contributed by atoms with Crippen molar-refractivity contribution >= 4 is 5.78 Å². The Morgan fingerprint density at radius 3 is 2.71 bits per heavy atom. The predicted molar refractivity (Wildman–Crippen MR) is 82.9 cm³/mol. The van der Waals surface area contributed by atoms with Crippen LogP contribution in [0.3, 0.4) is 0 Å². The fraction of sp³-hybridized carbons (Fsp3) is 0.588. The quantitative estimate of drug-likeness (QED) is 0.818. The molecule has 1 saturated heterocycles. The van der Waals surface area contributed by atoms with Gasteiger partial charge in [0.1, 0.15) is 5.75 Å². The van der Waals surface area contributed by atoms with E-state index in [1.54, 1.807) is 0 Å². The van der Waals surface area contributed by atoms with E-state index in [1.165, 1.54) is 6.42 Å². The number of rotatable bonds is 6. The third-order valence-corrected chi connectivity index (χ3v) is 4.04. The van der Waals surface area contributed by atoms with Crippen LogP contribution in [-0.2, 0) is 0 Å². The van der Waals surface area contributed by atoms with E-state index in [2.05, 4.69) is 4.90 Å². The summed E-state index contributed by atoms with van der Waals surface area (Å²) in [5.74, 6) is 0.899. The minimum atomic E-state index is 0.110. The van der Waals surface area contributed by atoms with Gasteiger partial charge in [-0.05, 0) is 50.6 Å². The van der Waals surface area contributed by atoms with Crippen molar-refractivity contribution in [2.45, 2.75) is 38.6 Å². The van der Waals surface area contributed by atoms with Crippen LogP contribution in [0.5, 0.6) is 5.75 Å². The Labute approximate surface area is 126 Å². The summed E-state index contributed by atoms with van der Waals surface area (Å²) in [7, 11) is 0. The Hall–Kier alpha value is -1.39. The molecule has 0 aliphatic carbocycles. The van der Waals surface area contributed by atoms with Crippen LogP contribution in [-0.4, -0.2) is 48.1 Å². The highest BCUT2D eigenvalue weighted by atomic mass is 16.5. The average Bonchev–Trinajstić information content (AvgIpc) is 2.73. The number of hydrogen-bond donors (Lipinski definition) is 1. The molecule has 1 aromatic carbocycles. The van der Waals surface area contributed by atoms with Crippen LogP contribution in [0.15, 0.2) is 24.3 Å². The molecule has 0 bridgehead atoms. The monoisotopic (exact) mass is 291 g/mol. The number of Topliss-reactive ketones (excluding diaryl/α,β-unsaturated/α-hetero) is 1. The lowest BCUT2D eigenvalue weighted by Crippen LogP contribution is -2.40. The molecule has 0 aromatic heterocycles. The zero-order valence-electron chi connectivity index (χ0n) is 12.8. The number of aliphatic hydroxyl groups is 1. The molecule has 2 rings (SSSR count). The summed E-state index contributed by atoms with van der Waals surface area (Å²) < 4.78 is 5.39. The van der Waals surface area contributed by atoms with E-state index in [-0.39, 0.29) is 18.4 Å². The summed E-state index contributed by atoms with van der Waals surface area (Å²) in [5.41, 5.74) is 0.708. The van der Waals surface area contributed by atoms with E-state index >= 15 is 0 Å². The van der Waals surface area contributed by atoms with Crippen molar-refractivity contribution in [1.29, 1.82) is 0 Å². The molecule has 1 aromatic rings. The van der Waals surface area contributed by atoms with Crippen molar-refractivity contribution in [2.75, 3.05) is 26.3 Å². The number of ketones is 1. The van der Waals surface area contributed by atoms with Crippen molar-refractivity contribution in [3.05, 3.63) is 29.8 Å². The highest BCUT2D eigenvalue weighted by Crippen LogP contribution is 2.18. The van der Waals surface area contributed by atoms with E-state index in [0.717, 1.165) is 31.6 Å². The summed E-state index contributed by atoms with van der Waals surface area (Å²) >= 11 is 0. The Balaban J connectivity index is 1.98. The Bertz CT molecular complexity index is 444. The molecule has 0 spiro atoms. The van der Waals surface area contributed by atoms with Crippen LogP contribution in [0, 0.1) is 0 Å². The predicted octanol–water partition coefficient (Wildman–Crippen LogP) is 2.50. The Morgan fingerprint density at radius 2 is 2.05 bits per heavy atom. The number of aliphatic hydroxyl groups excluding tert-OH is 1. The number of carbonyl (C=O) groups is 1. The SMILES string of the molecule is CCOc1ccc(C(=O)CN2CCCCCC2CO)cc1. The first-order chi connectivity index (χ1) is 10.2. The molecule has 1 atom stereocenters. The van der Waals surface area contributed by atoms with Gasteiger partial charge in [-0.3, -0.25) is 9.69 Å². The van der Waals surface area contributed by atoms with Crippen molar-refractivity contribution in [3.8, 4) is 5.75 Å². The molecule has 0 saturated carbocycles. The largest absolute Gasteiger partial charge is 0.494 e. The average molecular weight is 291 g/mol. The summed E-state index contributed by atoms with van der Waals surface area (Å²) in [6.07, 6.45) is 4.41. The van der Waals surface area contributed by atoms with Crippen molar-refractivity contribution < 1.29 is 14.6 Å². The van der Waals surface area contributed by atoms with Crippen molar-refractivity contribution in [2.24, 2.45) is 0 Å². The topological polar surface area (TPSA) is 49.8 Å². The maximum atomic E-state index is 12.4. The second-order valence-electron chi connectivity index (χ2n) is 5.54. The molecule has 1 aliphatic heterocycles. The Kier molecular flexibility index (Phi) is 6.21. The molecular weight excluding hydrogens is 266 g/mol. The van der Waals surface area contributed by atoms with Gasteiger partial charge in [0.25, 0.3) is 0 Å². The Morgan fingerprint density at radius 1 is 1.29 bits per heavy atom. The number of likely N-dealkylation sites (tertiary alicyclic amines) is 1. The van der Waals surface area contributed by atoms with Crippen molar-refractivity contribution in [3.63, 3.8) is 0 Å². The fourth-order valence-electron chi connectivity index (χ4n) is 2.83. The molecule has 4 heteroatoms. The van der Waals surface area contributed by atoms with E-state index < -0.39 is 0 Å². The van der Waals surface area contributed by atoms with Gasteiger partial charge >= 0.3 is 0 Å². The number of hydrogen-bond acceptors (Lipinski definition) is 4. The minimum absolute atomic E-state index is 0.110. The normalized spacial score (nSPS) is 20.0. The van der Waals surface area contributed by atoms with Gasteiger partial charge in [0.15, 0.2) is 5.78 Å². The third-order valence-electron chi connectivity index (χ3n) is 4.04. The molecular formula is C17H25NO3. The van der Waals surface area contributed by atoms with Crippen LogP contribution in [0.1, 0.15) is 43.0 Å². The van der Waals surface area contributed by atoms with E-state index in [0.29, 0.717) is 18.7 Å². The number of benzene rings is 1. The molecule has 1 heterocycles. The first-order valence-electron chi connectivity index (χ1n) is 7.85. The van der Waals surface area contributed by atoms with Crippen LogP contribution in [0.25, 0.3) is 0 Å². The molecule has 116 valence electrons. The van der Waals surface area contributed by atoms with E-state index in [9.17, 15) is 9.90 Å². The third kappa shape index (κ3) is 4.55. The highest BCUT2D eigenvalue weighted by Gasteiger charge is 2.22. The smallest absolute Gasteiger partial charge is 0.176 e. The van der Waals surface area contributed by atoms with Crippen LogP contribution < -0.4 is 4.74 Å². The van der Waals surface area contributed by atoms with Gasteiger partial charge in [-0.2, -0.15) is 0 Å². The van der Waals surface area contributed by atoms with Crippen molar-refractivity contribution in [1.82, 2.24) is 4.90 Å². The van der Waals surface area contributed by atoms with E-state index in [1.807, 2.05) is 31.2 Å². The molecule has 1 unspecified atom stereocenters. The van der Waals surface area contributed by atoms with Gasteiger partial charge in [-0.1, -0.05) is 12.8 Å². The lowest BCUT2D eigenvalue weighted by molar-refractivity contribution is 0.0826. The number of carbonyl (C=O) groups excluding carboxylic acids is 1. The second-order valence-corrected chi connectivity index (χ2v) is 5.54. The number of nitrogens with zero attached hydrogens (tertiary/aromatic N) is 1. The zero-order chi connectivity index (χ0) is 15.1. The van der Waals surface area contributed by atoms with Gasteiger partial charge in [-0.15, -0.1) is 0 Å². The first-order valence-corrected chi connectivity index (χ1v) is 7.85.